The molecule has 1 aromatic carbocycles. The van der Waals surface area contributed by atoms with Crippen LogP contribution in [-0.4, -0.2) is 17.3 Å². The van der Waals surface area contributed by atoms with Crippen molar-refractivity contribution in [3.05, 3.63) is 29.3 Å². The number of nitrogens with zero attached hydrogens (tertiary/aromatic N) is 1. The van der Waals surface area contributed by atoms with E-state index in [0.717, 1.165) is 18.5 Å². The van der Waals surface area contributed by atoms with E-state index in [1.807, 2.05) is 4.90 Å². The van der Waals surface area contributed by atoms with Crippen LogP contribution in [0.25, 0.3) is 0 Å². The summed E-state index contributed by atoms with van der Waals surface area (Å²) in [4.78, 5) is 14.6. The molecule has 1 aliphatic heterocycles. The topological polar surface area (TPSA) is 20.3 Å². The lowest BCUT2D eigenvalue weighted by Crippen LogP contribution is -2.51. The highest BCUT2D eigenvalue weighted by molar-refractivity contribution is 6.18. The zero-order chi connectivity index (χ0) is 14.9. The fourth-order valence-electron chi connectivity index (χ4n) is 3.34. The Kier molecular flexibility index (Phi) is 4.43. The lowest BCUT2D eigenvalue weighted by Gasteiger charge is -2.46. The van der Waals surface area contributed by atoms with Crippen molar-refractivity contribution >= 4 is 23.2 Å². The molecule has 1 aromatic rings. The van der Waals surface area contributed by atoms with E-state index in [1.54, 1.807) is 0 Å². The van der Waals surface area contributed by atoms with E-state index in [0.29, 0.717) is 18.2 Å². The molecule has 1 heterocycles. The van der Waals surface area contributed by atoms with E-state index in [4.69, 9.17) is 11.6 Å². The molecule has 0 saturated heterocycles. The van der Waals surface area contributed by atoms with Crippen LogP contribution in [0.1, 0.15) is 57.1 Å². The maximum atomic E-state index is 12.6. The van der Waals surface area contributed by atoms with E-state index < -0.39 is 0 Å². The molecule has 0 radical (unpaired) electrons. The molecule has 2 nitrogen and oxygen atoms in total. The third kappa shape index (κ3) is 2.85. The SMILES string of the molecule is Cc1ccc2c(c1)N(C(=O)CCCCl)C(C)(C)C[C@H]2C. The Morgan fingerprint density at radius 1 is 1.45 bits per heavy atom. The van der Waals surface area contributed by atoms with Gasteiger partial charge in [0.2, 0.25) is 5.91 Å². The number of fused-ring (bicyclic) bond motifs is 1. The molecule has 1 atom stereocenters. The third-order valence-electron chi connectivity index (χ3n) is 4.14. The van der Waals surface area contributed by atoms with Crippen molar-refractivity contribution in [3.8, 4) is 0 Å². The smallest absolute Gasteiger partial charge is 0.227 e. The predicted octanol–water partition coefficient (Wildman–Crippen LogP) is 4.63. The number of amides is 1. The standard InChI is InChI=1S/C17H24ClNO/c1-12-7-8-14-13(2)11-17(3,4)19(15(14)10-12)16(20)6-5-9-18/h7-8,10,13H,5-6,9,11H2,1-4H3/t13-/m1/s1. The number of carbonyl (C=O) groups excluding carboxylic acids is 1. The molecule has 1 aliphatic rings. The fourth-order valence-corrected chi connectivity index (χ4v) is 3.48. The van der Waals surface area contributed by atoms with Gasteiger partial charge in [0.25, 0.3) is 0 Å². The first-order valence-electron chi connectivity index (χ1n) is 7.36. The van der Waals surface area contributed by atoms with E-state index in [9.17, 15) is 4.79 Å². The van der Waals surface area contributed by atoms with Gasteiger partial charge in [0.05, 0.1) is 0 Å². The Labute approximate surface area is 127 Å². The zero-order valence-corrected chi connectivity index (χ0v) is 13.6. The molecule has 0 saturated carbocycles. The molecule has 0 N–H and O–H groups in total. The maximum absolute atomic E-state index is 12.6. The van der Waals surface area contributed by atoms with Crippen LogP contribution in [0.15, 0.2) is 18.2 Å². The lowest BCUT2D eigenvalue weighted by atomic mass is 9.79. The van der Waals surface area contributed by atoms with Gasteiger partial charge >= 0.3 is 0 Å². The van der Waals surface area contributed by atoms with Crippen molar-refractivity contribution in [2.45, 2.75) is 58.4 Å². The summed E-state index contributed by atoms with van der Waals surface area (Å²) in [5.41, 5.74) is 3.44. The molecule has 0 fully saturated rings. The first-order chi connectivity index (χ1) is 9.36. The quantitative estimate of drug-likeness (QED) is 0.744. The van der Waals surface area contributed by atoms with Crippen molar-refractivity contribution in [1.29, 1.82) is 0 Å². The summed E-state index contributed by atoms with van der Waals surface area (Å²) >= 11 is 5.73. The number of hydrogen-bond donors (Lipinski definition) is 0. The Morgan fingerprint density at radius 2 is 2.15 bits per heavy atom. The summed E-state index contributed by atoms with van der Waals surface area (Å²) in [6.45, 7) is 8.64. The summed E-state index contributed by atoms with van der Waals surface area (Å²) in [6.07, 6.45) is 2.26. The molecular formula is C17H24ClNO. The van der Waals surface area contributed by atoms with Crippen LogP contribution in [0, 0.1) is 6.92 Å². The lowest BCUT2D eigenvalue weighted by molar-refractivity contribution is -0.119. The molecule has 0 aliphatic carbocycles. The van der Waals surface area contributed by atoms with E-state index in [2.05, 4.69) is 45.9 Å². The minimum atomic E-state index is -0.135. The Morgan fingerprint density at radius 3 is 2.80 bits per heavy atom. The van der Waals surface area contributed by atoms with Crippen LogP contribution in [0.2, 0.25) is 0 Å². The monoisotopic (exact) mass is 293 g/mol. The van der Waals surface area contributed by atoms with Gasteiger partial charge in [-0.15, -0.1) is 11.6 Å². The van der Waals surface area contributed by atoms with Gasteiger partial charge < -0.3 is 4.90 Å². The highest BCUT2D eigenvalue weighted by atomic mass is 35.5. The van der Waals surface area contributed by atoms with Crippen molar-refractivity contribution in [1.82, 2.24) is 0 Å². The van der Waals surface area contributed by atoms with Crippen molar-refractivity contribution in [2.24, 2.45) is 0 Å². The van der Waals surface area contributed by atoms with Gasteiger partial charge in [-0.05, 0) is 56.7 Å². The second-order valence-electron chi connectivity index (χ2n) is 6.50. The van der Waals surface area contributed by atoms with Gasteiger partial charge in [0, 0.05) is 23.5 Å². The second-order valence-corrected chi connectivity index (χ2v) is 6.88. The Hall–Kier alpha value is -1.02. The summed E-state index contributed by atoms with van der Waals surface area (Å²) in [5.74, 6) is 1.21. The van der Waals surface area contributed by atoms with Gasteiger partial charge in [-0.1, -0.05) is 19.1 Å². The van der Waals surface area contributed by atoms with E-state index in [-0.39, 0.29) is 11.4 Å². The molecule has 0 bridgehead atoms. The number of halogens is 1. The molecule has 0 aromatic heterocycles. The molecule has 2 rings (SSSR count). The van der Waals surface area contributed by atoms with Crippen molar-refractivity contribution < 1.29 is 4.79 Å². The molecule has 1 amide bonds. The van der Waals surface area contributed by atoms with Crippen LogP contribution >= 0.6 is 11.6 Å². The molecule has 3 heteroatoms. The summed E-state index contributed by atoms with van der Waals surface area (Å²) in [5, 5.41) is 0. The van der Waals surface area contributed by atoms with Crippen LogP contribution in [0.4, 0.5) is 5.69 Å². The van der Waals surface area contributed by atoms with E-state index >= 15 is 0 Å². The van der Waals surface area contributed by atoms with Crippen LogP contribution in [0.3, 0.4) is 0 Å². The number of rotatable bonds is 3. The number of aryl methyl sites for hydroxylation is 1. The highest BCUT2D eigenvalue weighted by Gasteiger charge is 2.39. The summed E-state index contributed by atoms with van der Waals surface area (Å²) < 4.78 is 0. The molecular weight excluding hydrogens is 270 g/mol. The molecule has 110 valence electrons. The van der Waals surface area contributed by atoms with Gasteiger partial charge in [-0.2, -0.15) is 0 Å². The maximum Gasteiger partial charge on any atom is 0.227 e. The first kappa shape index (κ1) is 15.4. The normalized spacial score (nSPS) is 20.6. The van der Waals surface area contributed by atoms with Crippen molar-refractivity contribution in [2.75, 3.05) is 10.8 Å². The fraction of sp³-hybridized carbons (Fsp3) is 0.588. The molecule has 0 unspecified atom stereocenters. The molecule has 0 spiro atoms. The number of benzene rings is 1. The van der Waals surface area contributed by atoms with Gasteiger partial charge in [0.1, 0.15) is 0 Å². The van der Waals surface area contributed by atoms with Gasteiger partial charge in [0.15, 0.2) is 0 Å². The minimum Gasteiger partial charge on any atom is -0.307 e. The largest absolute Gasteiger partial charge is 0.307 e. The van der Waals surface area contributed by atoms with E-state index in [1.165, 1.54) is 11.1 Å². The molecule has 20 heavy (non-hydrogen) atoms. The predicted molar refractivity (Wildman–Crippen MR) is 85.7 cm³/mol. The first-order valence-corrected chi connectivity index (χ1v) is 7.90. The van der Waals surface area contributed by atoms with Crippen molar-refractivity contribution in [3.63, 3.8) is 0 Å². The number of carbonyl (C=O) groups is 1. The average Bonchev–Trinajstić information content (AvgIpc) is 2.34. The van der Waals surface area contributed by atoms with Gasteiger partial charge in [-0.3, -0.25) is 4.79 Å². The minimum absolute atomic E-state index is 0.135. The Bertz CT molecular complexity index is 510. The van der Waals surface area contributed by atoms with Gasteiger partial charge in [-0.25, -0.2) is 0 Å². The second kappa shape index (κ2) is 5.77. The number of alkyl halides is 1. The van der Waals surface area contributed by atoms with Crippen LogP contribution in [-0.2, 0) is 4.79 Å². The Balaban J connectivity index is 2.45. The highest BCUT2D eigenvalue weighted by Crippen LogP contribution is 2.43. The third-order valence-corrected chi connectivity index (χ3v) is 4.41. The average molecular weight is 294 g/mol. The van der Waals surface area contributed by atoms with Crippen LogP contribution < -0.4 is 4.90 Å². The summed E-state index contributed by atoms with van der Waals surface area (Å²) in [6, 6.07) is 6.45. The summed E-state index contributed by atoms with van der Waals surface area (Å²) in [7, 11) is 0. The zero-order valence-electron chi connectivity index (χ0n) is 12.9. The number of hydrogen-bond acceptors (Lipinski definition) is 1. The number of anilines is 1. The van der Waals surface area contributed by atoms with Crippen LogP contribution in [0.5, 0.6) is 0 Å².